The molecule has 1 amide bonds. The zero-order valence-electron chi connectivity index (χ0n) is 14.4. The van der Waals surface area contributed by atoms with Gasteiger partial charge in [-0.2, -0.15) is 0 Å². The quantitative estimate of drug-likeness (QED) is 0.903. The first-order chi connectivity index (χ1) is 12.2. The van der Waals surface area contributed by atoms with Crippen LogP contribution in [0.3, 0.4) is 0 Å². The van der Waals surface area contributed by atoms with Crippen LogP contribution in [0.25, 0.3) is 0 Å². The number of carbonyl (C=O) groups is 1. The van der Waals surface area contributed by atoms with Crippen molar-refractivity contribution in [2.24, 2.45) is 0 Å². The molecule has 5 heteroatoms. The molecule has 0 spiro atoms. The molecule has 2 N–H and O–H groups in total. The highest BCUT2D eigenvalue weighted by Crippen LogP contribution is 2.29. The molecule has 0 radical (unpaired) electrons. The molecule has 0 bridgehead atoms. The van der Waals surface area contributed by atoms with Crippen LogP contribution in [0.4, 0.5) is 0 Å². The standard InChI is InChI=1S/C20H25N3O2/c24-19-17(6-3-7-18(19)23-11-10-21-13-23)22-20(25)16-9-8-14-4-1-2-5-15(14)12-16/h8-13,17-19,24H,1-7H2,(H,22,25)/t17-,18-,19-/m1/s1. The molecule has 2 aliphatic carbocycles. The van der Waals surface area contributed by atoms with Crippen molar-refractivity contribution < 1.29 is 9.90 Å². The summed E-state index contributed by atoms with van der Waals surface area (Å²) in [7, 11) is 0. The van der Waals surface area contributed by atoms with Gasteiger partial charge >= 0.3 is 0 Å². The van der Waals surface area contributed by atoms with Crippen LogP contribution in [0.5, 0.6) is 0 Å². The maximum Gasteiger partial charge on any atom is 0.251 e. The zero-order valence-corrected chi connectivity index (χ0v) is 14.4. The molecule has 1 saturated carbocycles. The Bertz CT molecular complexity index is 741. The summed E-state index contributed by atoms with van der Waals surface area (Å²) in [6, 6.07) is 5.80. The number of rotatable bonds is 3. The number of hydrogen-bond donors (Lipinski definition) is 2. The largest absolute Gasteiger partial charge is 0.389 e. The highest BCUT2D eigenvalue weighted by molar-refractivity contribution is 5.94. The average molecular weight is 339 g/mol. The number of aliphatic hydroxyl groups excluding tert-OH is 1. The molecule has 1 aromatic carbocycles. The Morgan fingerprint density at radius 3 is 2.80 bits per heavy atom. The van der Waals surface area contributed by atoms with Gasteiger partial charge in [-0.3, -0.25) is 4.79 Å². The highest BCUT2D eigenvalue weighted by atomic mass is 16.3. The summed E-state index contributed by atoms with van der Waals surface area (Å²) in [4.78, 5) is 16.8. The Kier molecular flexibility index (Phi) is 4.57. The van der Waals surface area contributed by atoms with Crippen molar-refractivity contribution in [3.63, 3.8) is 0 Å². The maximum absolute atomic E-state index is 12.7. The van der Waals surface area contributed by atoms with Gasteiger partial charge in [0.2, 0.25) is 0 Å². The number of amides is 1. The first-order valence-corrected chi connectivity index (χ1v) is 9.30. The van der Waals surface area contributed by atoms with Crippen LogP contribution in [-0.2, 0) is 12.8 Å². The van der Waals surface area contributed by atoms with Gasteiger partial charge in [-0.25, -0.2) is 4.98 Å². The van der Waals surface area contributed by atoms with Crippen LogP contribution < -0.4 is 5.32 Å². The summed E-state index contributed by atoms with van der Waals surface area (Å²) in [6.07, 6.45) is 12.1. The summed E-state index contributed by atoms with van der Waals surface area (Å²) in [5, 5.41) is 13.8. The van der Waals surface area contributed by atoms with E-state index in [0.29, 0.717) is 5.56 Å². The first-order valence-electron chi connectivity index (χ1n) is 9.30. The number of aliphatic hydroxyl groups is 1. The van der Waals surface area contributed by atoms with E-state index in [1.54, 1.807) is 12.5 Å². The van der Waals surface area contributed by atoms with Crippen molar-refractivity contribution in [3.8, 4) is 0 Å². The Balaban J connectivity index is 1.46. The number of carbonyl (C=O) groups excluding carboxylic acids is 1. The van der Waals surface area contributed by atoms with Gasteiger partial charge in [-0.05, 0) is 68.2 Å². The molecule has 0 saturated heterocycles. The molecule has 25 heavy (non-hydrogen) atoms. The van der Waals surface area contributed by atoms with Crippen molar-refractivity contribution in [3.05, 3.63) is 53.6 Å². The van der Waals surface area contributed by atoms with E-state index < -0.39 is 6.10 Å². The van der Waals surface area contributed by atoms with E-state index in [2.05, 4.69) is 16.4 Å². The van der Waals surface area contributed by atoms with Gasteiger partial charge in [-0.1, -0.05) is 6.07 Å². The summed E-state index contributed by atoms with van der Waals surface area (Å²) < 4.78 is 1.95. The minimum atomic E-state index is -0.593. The van der Waals surface area contributed by atoms with Crippen LogP contribution in [-0.4, -0.2) is 32.7 Å². The minimum absolute atomic E-state index is 0.0231. The summed E-state index contributed by atoms with van der Waals surface area (Å²) in [5.41, 5.74) is 3.39. The van der Waals surface area contributed by atoms with E-state index in [1.807, 2.05) is 22.9 Å². The van der Waals surface area contributed by atoms with E-state index in [1.165, 1.54) is 24.0 Å². The topological polar surface area (TPSA) is 67.2 Å². The van der Waals surface area contributed by atoms with Crippen LogP contribution in [0.15, 0.2) is 36.9 Å². The second-order valence-electron chi connectivity index (χ2n) is 7.27. The number of nitrogens with zero attached hydrogens (tertiary/aromatic N) is 2. The smallest absolute Gasteiger partial charge is 0.251 e. The van der Waals surface area contributed by atoms with Gasteiger partial charge in [-0.15, -0.1) is 0 Å². The van der Waals surface area contributed by atoms with Gasteiger partial charge in [0.25, 0.3) is 5.91 Å². The van der Waals surface area contributed by atoms with Crippen LogP contribution >= 0.6 is 0 Å². The van der Waals surface area contributed by atoms with Crippen LogP contribution in [0.2, 0.25) is 0 Å². The molecule has 5 nitrogen and oxygen atoms in total. The second-order valence-corrected chi connectivity index (χ2v) is 7.27. The van der Waals surface area contributed by atoms with E-state index in [9.17, 15) is 9.90 Å². The molecular formula is C20H25N3O2. The summed E-state index contributed by atoms with van der Waals surface area (Å²) >= 11 is 0. The molecule has 1 aromatic heterocycles. The third-order valence-corrected chi connectivity index (χ3v) is 5.66. The SMILES string of the molecule is O=C(N[C@@H]1CCC[C@@H](n2ccnc2)[C@@H]1O)c1ccc2c(c1)CCCC2. The number of aryl methyl sites for hydroxylation is 2. The number of hydrogen-bond acceptors (Lipinski definition) is 3. The summed E-state index contributed by atoms with van der Waals surface area (Å²) in [5.74, 6) is -0.0799. The number of nitrogens with one attached hydrogen (secondary N) is 1. The normalized spacial score (nSPS) is 26.0. The monoisotopic (exact) mass is 339 g/mol. The lowest BCUT2D eigenvalue weighted by Gasteiger charge is -2.35. The van der Waals surface area contributed by atoms with E-state index in [4.69, 9.17) is 0 Å². The van der Waals surface area contributed by atoms with Crippen molar-refractivity contribution in [1.82, 2.24) is 14.9 Å². The molecule has 4 rings (SSSR count). The maximum atomic E-state index is 12.7. The van der Waals surface area contributed by atoms with Gasteiger partial charge < -0.3 is 15.0 Å². The molecule has 2 aromatic rings. The van der Waals surface area contributed by atoms with E-state index >= 15 is 0 Å². The number of fused-ring (bicyclic) bond motifs is 1. The fraction of sp³-hybridized carbons (Fsp3) is 0.500. The number of aromatic nitrogens is 2. The van der Waals surface area contributed by atoms with Crippen molar-refractivity contribution in [2.45, 2.75) is 63.1 Å². The Hall–Kier alpha value is -2.14. The fourth-order valence-corrected chi connectivity index (χ4v) is 4.23. The molecule has 1 fully saturated rings. The van der Waals surface area contributed by atoms with Gasteiger partial charge in [0.1, 0.15) is 0 Å². The van der Waals surface area contributed by atoms with Crippen molar-refractivity contribution >= 4 is 5.91 Å². The molecule has 0 aliphatic heterocycles. The second kappa shape index (κ2) is 7.00. The molecule has 3 atom stereocenters. The fourth-order valence-electron chi connectivity index (χ4n) is 4.23. The van der Waals surface area contributed by atoms with Gasteiger partial charge in [0, 0.05) is 18.0 Å². The van der Waals surface area contributed by atoms with Gasteiger partial charge in [0.15, 0.2) is 0 Å². The first kappa shape index (κ1) is 16.3. The predicted molar refractivity (Wildman–Crippen MR) is 95.5 cm³/mol. The molecular weight excluding hydrogens is 314 g/mol. The van der Waals surface area contributed by atoms with Crippen molar-refractivity contribution in [1.29, 1.82) is 0 Å². The minimum Gasteiger partial charge on any atom is -0.389 e. The third kappa shape index (κ3) is 3.33. The van der Waals surface area contributed by atoms with Crippen molar-refractivity contribution in [2.75, 3.05) is 0 Å². The molecule has 1 heterocycles. The Labute approximate surface area is 148 Å². The lowest BCUT2D eigenvalue weighted by Crippen LogP contribution is -2.49. The van der Waals surface area contributed by atoms with Crippen LogP contribution in [0, 0.1) is 0 Å². The molecule has 0 unspecified atom stereocenters. The Morgan fingerprint density at radius 1 is 1.16 bits per heavy atom. The summed E-state index contributed by atoms with van der Waals surface area (Å²) in [6.45, 7) is 0. The van der Waals surface area contributed by atoms with Gasteiger partial charge in [0.05, 0.1) is 24.5 Å². The Morgan fingerprint density at radius 2 is 2.00 bits per heavy atom. The number of benzene rings is 1. The average Bonchev–Trinajstić information content (AvgIpc) is 3.17. The van der Waals surface area contributed by atoms with E-state index in [0.717, 1.165) is 32.1 Å². The highest BCUT2D eigenvalue weighted by Gasteiger charge is 2.33. The lowest BCUT2D eigenvalue weighted by atomic mass is 9.87. The zero-order chi connectivity index (χ0) is 17.2. The number of imidazole rings is 1. The van der Waals surface area contributed by atoms with E-state index in [-0.39, 0.29) is 18.0 Å². The molecule has 132 valence electrons. The third-order valence-electron chi connectivity index (χ3n) is 5.66. The lowest BCUT2D eigenvalue weighted by molar-refractivity contribution is 0.0399. The predicted octanol–water partition coefficient (Wildman–Crippen LogP) is 2.65. The van der Waals surface area contributed by atoms with Crippen LogP contribution in [0.1, 0.15) is 59.6 Å². The molecule has 2 aliphatic rings.